The topological polar surface area (TPSA) is 94.0 Å². The molecule has 0 saturated heterocycles. The van der Waals surface area contributed by atoms with E-state index in [2.05, 4.69) is 22.4 Å². The highest BCUT2D eigenvalue weighted by Gasteiger charge is 2.16. The monoisotopic (exact) mass is 355 g/mol. The zero-order chi connectivity index (χ0) is 18.6. The van der Waals surface area contributed by atoms with E-state index in [4.69, 9.17) is 14.7 Å². The van der Waals surface area contributed by atoms with Crippen LogP contribution < -0.4 is 14.4 Å². The molecule has 0 aliphatic carbocycles. The van der Waals surface area contributed by atoms with Crippen LogP contribution in [0.15, 0.2) is 22.4 Å². The van der Waals surface area contributed by atoms with Crippen molar-refractivity contribution in [2.75, 3.05) is 33.2 Å². The zero-order valence-electron chi connectivity index (χ0n) is 14.6. The van der Waals surface area contributed by atoms with E-state index in [1.54, 1.807) is 33.3 Å². The summed E-state index contributed by atoms with van der Waals surface area (Å²) in [6.45, 7) is 1.72. The first-order chi connectivity index (χ1) is 12.0. The predicted molar refractivity (Wildman–Crippen MR) is 96.5 cm³/mol. The van der Waals surface area contributed by atoms with Gasteiger partial charge in [-0.3, -0.25) is 0 Å². The Labute approximate surface area is 150 Å². The maximum atomic E-state index is 9.28. The van der Waals surface area contributed by atoms with Gasteiger partial charge < -0.3 is 14.4 Å². The van der Waals surface area contributed by atoms with Crippen LogP contribution in [-0.4, -0.2) is 28.3 Å². The van der Waals surface area contributed by atoms with Gasteiger partial charge in [-0.1, -0.05) is 0 Å². The largest absolute Gasteiger partial charge is 0.494 e. The molecule has 0 aliphatic rings. The molecule has 0 unspecified atom stereocenters. The van der Waals surface area contributed by atoms with Crippen LogP contribution in [0.25, 0.3) is 0 Å². The lowest BCUT2D eigenvalue weighted by atomic mass is 10.2. The molecule has 0 fully saturated rings. The summed E-state index contributed by atoms with van der Waals surface area (Å²) in [4.78, 5) is 2.36. The van der Waals surface area contributed by atoms with Crippen molar-refractivity contribution >= 4 is 27.7 Å². The second-order valence-corrected chi connectivity index (χ2v) is 6.25. The fraction of sp³-hybridized carbons (Fsp3) is 0.294. The molecule has 8 heteroatoms. The maximum absolute atomic E-state index is 9.28. The SMILES string of the molecule is COc1cc(N(C)C)c(OC)cc1N=Nc1sc(C#N)c(C)c1C#N. The smallest absolute Gasteiger partial charge is 0.158 e. The van der Waals surface area contributed by atoms with E-state index in [-0.39, 0.29) is 0 Å². The van der Waals surface area contributed by atoms with Gasteiger partial charge in [-0.25, -0.2) is 0 Å². The first kappa shape index (κ1) is 18.2. The van der Waals surface area contributed by atoms with E-state index >= 15 is 0 Å². The third kappa shape index (κ3) is 3.54. The number of nitriles is 2. The summed E-state index contributed by atoms with van der Waals surface area (Å²) < 4.78 is 10.8. The Morgan fingerprint density at radius 3 is 2.24 bits per heavy atom. The maximum Gasteiger partial charge on any atom is 0.158 e. The van der Waals surface area contributed by atoms with Gasteiger partial charge in [0.2, 0.25) is 0 Å². The van der Waals surface area contributed by atoms with E-state index in [1.165, 1.54) is 0 Å². The summed E-state index contributed by atoms with van der Waals surface area (Å²) in [5.74, 6) is 1.15. The lowest BCUT2D eigenvalue weighted by Gasteiger charge is -2.18. The second-order valence-electron chi connectivity index (χ2n) is 5.25. The molecular formula is C17H17N5O2S. The van der Waals surface area contributed by atoms with Gasteiger partial charge in [-0.05, 0) is 12.5 Å². The highest BCUT2D eigenvalue weighted by molar-refractivity contribution is 7.16. The molecule has 0 bridgehead atoms. The molecule has 0 N–H and O–H groups in total. The summed E-state index contributed by atoms with van der Waals surface area (Å²) in [6.07, 6.45) is 0. The van der Waals surface area contributed by atoms with Crippen LogP contribution in [0.1, 0.15) is 16.0 Å². The molecule has 128 valence electrons. The molecule has 0 amide bonds. The number of hydrogen-bond donors (Lipinski definition) is 0. The average Bonchev–Trinajstić information content (AvgIpc) is 2.93. The fourth-order valence-corrected chi connectivity index (χ4v) is 3.08. The van der Waals surface area contributed by atoms with E-state index in [1.807, 2.05) is 19.0 Å². The Hall–Kier alpha value is -3.10. The normalized spacial score (nSPS) is 10.4. The van der Waals surface area contributed by atoms with E-state index in [0.29, 0.717) is 38.2 Å². The quantitative estimate of drug-likeness (QED) is 0.745. The molecule has 1 heterocycles. The van der Waals surface area contributed by atoms with Crippen molar-refractivity contribution in [2.24, 2.45) is 10.2 Å². The van der Waals surface area contributed by atoms with Crippen LogP contribution in [0.2, 0.25) is 0 Å². The highest BCUT2D eigenvalue weighted by atomic mass is 32.1. The number of nitrogens with zero attached hydrogens (tertiary/aromatic N) is 5. The Bertz CT molecular complexity index is 903. The van der Waals surface area contributed by atoms with Crippen molar-refractivity contribution in [3.8, 4) is 23.6 Å². The average molecular weight is 355 g/mol. The van der Waals surface area contributed by atoms with Crippen molar-refractivity contribution < 1.29 is 9.47 Å². The Morgan fingerprint density at radius 1 is 1.04 bits per heavy atom. The molecule has 0 atom stereocenters. The molecular weight excluding hydrogens is 338 g/mol. The molecule has 0 radical (unpaired) electrons. The van der Waals surface area contributed by atoms with Crippen LogP contribution in [-0.2, 0) is 0 Å². The van der Waals surface area contributed by atoms with Gasteiger partial charge in [0.15, 0.2) is 5.00 Å². The van der Waals surface area contributed by atoms with Crippen LogP contribution >= 0.6 is 11.3 Å². The molecule has 0 saturated carbocycles. The van der Waals surface area contributed by atoms with Crippen LogP contribution in [0.5, 0.6) is 11.5 Å². The number of azo groups is 1. The first-order valence-electron chi connectivity index (χ1n) is 7.25. The first-order valence-corrected chi connectivity index (χ1v) is 8.07. The molecule has 1 aromatic carbocycles. The van der Waals surface area contributed by atoms with Crippen molar-refractivity contribution in [1.82, 2.24) is 0 Å². The third-order valence-corrected chi connectivity index (χ3v) is 4.63. The summed E-state index contributed by atoms with van der Waals surface area (Å²) in [5.41, 5.74) is 2.30. The fourth-order valence-electron chi connectivity index (χ4n) is 2.20. The Morgan fingerprint density at radius 2 is 1.72 bits per heavy atom. The van der Waals surface area contributed by atoms with Crippen molar-refractivity contribution in [3.63, 3.8) is 0 Å². The standard InChI is InChI=1S/C17H17N5O2S/c1-10-11(8-18)17(25-16(10)9-19)21-20-12-6-15(24-5)13(22(2)3)7-14(12)23-4/h6-7H,1-5H3. The molecule has 2 rings (SSSR count). The van der Waals surface area contributed by atoms with Gasteiger partial charge in [-0.15, -0.1) is 21.6 Å². The second kappa shape index (κ2) is 7.65. The number of ether oxygens (including phenoxy) is 2. The van der Waals surface area contributed by atoms with Crippen molar-refractivity contribution in [3.05, 3.63) is 28.1 Å². The molecule has 25 heavy (non-hydrogen) atoms. The molecule has 0 aliphatic heterocycles. The minimum absolute atomic E-state index is 0.362. The predicted octanol–water partition coefficient (Wildman–Crippen LogP) is 4.30. The zero-order valence-corrected chi connectivity index (χ0v) is 15.4. The van der Waals surface area contributed by atoms with Gasteiger partial charge in [0.05, 0.1) is 25.5 Å². The van der Waals surface area contributed by atoms with Gasteiger partial charge in [0.1, 0.15) is 34.2 Å². The van der Waals surface area contributed by atoms with Crippen LogP contribution in [0.4, 0.5) is 16.4 Å². The highest BCUT2D eigenvalue weighted by Crippen LogP contribution is 2.41. The van der Waals surface area contributed by atoms with Gasteiger partial charge in [-0.2, -0.15) is 10.5 Å². The molecule has 7 nitrogen and oxygen atoms in total. The minimum atomic E-state index is 0.362. The molecule has 2 aromatic rings. The van der Waals surface area contributed by atoms with Crippen LogP contribution in [0, 0.1) is 29.6 Å². The number of benzene rings is 1. The van der Waals surface area contributed by atoms with Gasteiger partial charge in [0, 0.05) is 26.2 Å². The van der Waals surface area contributed by atoms with E-state index < -0.39 is 0 Å². The van der Waals surface area contributed by atoms with Gasteiger partial charge >= 0.3 is 0 Å². The summed E-state index contributed by atoms with van der Waals surface area (Å²) in [5, 5.41) is 27.1. The van der Waals surface area contributed by atoms with E-state index in [9.17, 15) is 5.26 Å². The lowest BCUT2D eigenvalue weighted by Crippen LogP contribution is -2.10. The third-order valence-electron chi connectivity index (χ3n) is 3.55. The van der Waals surface area contributed by atoms with Crippen molar-refractivity contribution in [1.29, 1.82) is 10.5 Å². The van der Waals surface area contributed by atoms with Crippen molar-refractivity contribution in [2.45, 2.75) is 6.92 Å². The van der Waals surface area contributed by atoms with E-state index in [0.717, 1.165) is 17.0 Å². The Kier molecular flexibility index (Phi) is 5.58. The number of methoxy groups -OCH3 is 2. The number of anilines is 1. The summed E-state index contributed by atoms with van der Waals surface area (Å²) >= 11 is 1.14. The van der Waals surface area contributed by atoms with Gasteiger partial charge in [0.25, 0.3) is 0 Å². The summed E-state index contributed by atoms with van der Waals surface area (Å²) in [6, 6.07) is 7.66. The number of hydrogen-bond acceptors (Lipinski definition) is 8. The molecule has 1 aromatic heterocycles. The lowest BCUT2D eigenvalue weighted by molar-refractivity contribution is 0.404. The number of thiophene rings is 1. The summed E-state index contributed by atoms with van der Waals surface area (Å²) in [7, 11) is 6.92. The Balaban J connectivity index is 2.52. The number of rotatable bonds is 5. The molecule has 0 spiro atoms. The van der Waals surface area contributed by atoms with Crippen LogP contribution in [0.3, 0.4) is 0 Å². The minimum Gasteiger partial charge on any atom is -0.494 e.